The molecule has 11 heteroatoms. The van der Waals surface area contributed by atoms with E-state index in [1.807, 2.05) is 0 Å². The molecule has 178 valence electrons. The van der Waals surface area contributed by atoms with Gasteiger partial charge in [0.1, 0.15) is 11.9 Å². The van der Waals surface area contributed by atoms with E-state index in [1.165, 1.54) is 24.3 Å². The second-order valence-corrected chi connectivity index (χ2v) is 8.57. The molecule has 0 spiro atoms. The lowest BCUT2D eigenvalue weighted by Crippen LogP contribution is -2.52. The number of Topliss-reactive ketones (excluding diaryl/α,β-unsaturated/α-hetero) is 1. The Morgan fingerprint density at radius 2 is 1.91 bits per heavy atom. The number of benzene rings is 2. The summed E-state index contributed by atoms with van der Waals surface area (Å²) in [6.07, 6.45) is -5.77. The highest BCUT2D eigenvalue weighted by molar-refractivity contribution is 6.30. The Bertz CT molecular complexity index is 1210. The molecule has 0 saturated carbocycles. The average Bonchev–Trinajstić information content (AvgIpc) is 3.08. The van der Waals surface area contributed by atoms with Gasteiger partial charge < -0.3 is 4.90 Å². The third kappa shape index (κ3) is 4.42. The number of hydrogen-bond acceptors (Lipinski definition) is 4. The number of halogens is 5. The summed E-state index contributed by atoms with van der Waals surface area (Å²) in [6, 6.07) is 6.16. The fraction of sp³-hybridized carbons (Fsp3) is 0.304. The smallest absolute Gasteiger partial charge is 0.322 e. The number of fused-ring (bicyclic) bond motifs is 1. The van der Waals surface area contributed by atoms with Gasteiger partial charge in [-0.2, -0.15) is 13.2 Å². The van der Waals surface area contributed by atoms with Crippen LogP contribution in [-0.4, -0.2) is 40.6 Å². The van der Waals surface area contributed by atoms with E-state index in [0.29, 0.717) is 0 Å². The zero-order chi connectivity index (χ0) is 24.8. The Balaban J connectivity index is 1.60. The highest BCUT2D eigenvalue weighted by Crippen LogP contribution is 2.40. The van der Waals surface area contributed by atoms with Crippen LogP contribution in [0.3, 0.4) is 0 Å². The standard InChI is InChI=1S/C23H17ClF4N2O4/c24-12-3-1-2-11(8-12)16(23(26,27)28)9-18(31)14-5-4-13-15(20(14)25)10-30(22(13)34)17-6-7-19(32)29-21(17)33/h1-5,8,16-17H,6-7,9-10H2,(H,29,32,33)/t16-,17?/m1/s1. The van der Waals surface area contributed by atoms with Gasteiger partial charge in [-0.1, -0.05) is 23.7 Å². The van der Waals surface area contributed by atoms with Crippen LogP contribution in [0.15, 0.2) is 36.4 Å². The number of nitrogens with zero attached hydrogens (tertiary/aromatic N) is 1. The quantitative estimate of drug-likeness (QED) is 0.383. The number of carbonyl (C=O) groups is 4. The first-order valence-electron chi connectivity index (χ1n) is 10.3. The summed E-state index contributed by atoms with van der Waals surface area (Å²) in [6.45, 7) is -0.343. The summed E-state index contributed by atoms with van der Waals surface area (Å²) in [5.41, 5.74) is -1.06. The van der Waals surface area contributed by atoms with Crippen LogP contribution in [0.5, 0.6) is 0 Å². The fourth-order valence-corrected chi connectivity index (χ4v) is 4.46. The number of ketones is 1. The van der Waals surface area contributed by atoms with Gasteiger partial charge >= 0.3 is 6.18 Å². The molecular formula is C23H17ClF4N2O4. The molecule has 0 aromatic heterocycles. The maximum atomic E-state index is 15.3. The van der Waals surface area contributed by atoms with E-state index >= 15 is 4.39 Å². The van der Waals surface area contributed by atoms with Crippen molar-refractivity contribution in [3.63, 3.8) is 0 Å². The van der Waals surface area contributed by atoms with E-state index in [4.69, 9.17) is 11.6 Å². The third-order valence-corrected chi connectivity index (χ3v) is 6.22. The third-order valence-electron chi connectivity index (χ3n) is 5.99. The Hall–Kier alpha value is -3.27. The first kappa shape index (κ1) is 23.9. The Morgan fingerprint density at radius 1 is 1.18 bits per heavy atom. The van der Waals surface area contributed by atoms with Gasteiger partial charge in [0.25, 0.3) is 5.91 Å². The Labute approximate surface area is 195 Å². The van der Waals surface area contributed by atoms with Crippen molar-refractivity contribution in [1.82, 2.24) is 10.2 Å². The maximum absolute atomic E-state index is 15.3. The molecule has 2 aliphatic rings. The highest BCUT2D eigenvalue weighted by Gasteiger charge is 2.44. The molecule has 1 saturated heterocycles. The molecule has 0 bridgehead atoms. The van der Waals surface area contributed by atoms with Crippen LogP contribution < -0.4 is 5.32 Å². The van der Waals surface area contributed by atoms with Crippen molar-refractivity contribution < 1.29 is 36.7 Å². The van der Waals surface area contributed by atoms with Gasteiger partial charge in [0.15, 0.2) is 5.78 Å². The normalized spacial score (nSPS) is 19.1. The van der Waals surface area contributed by atoms with E-state index in [0.717, 1.165) is 17.0 Å². The molecule has 0 aliphatic carbocycles. The molecule has 3 amide bonds. The molecule has 2 aromatic carbocycles. The molecule has 2 aliphatic heterocycles. The number of alkyl halides is 3. The first-order chi connectivity index (χ1) is 16.0. The predicted octanol–water partition coefficient (Wildman–Crippen LogP) is 4.16. The lowest BCUT2D eigenvalue weighted by atomic mass is 9.90. The van der Waals surface area contributed by atoms with Gasteiger partial charge in [0, 0.05) is 29.0 Å². The topological polar surface area (TPSA) is 83.6 Å². The number of piperidine rings is 1. The predicted molar refractivity (Wildman–Crippen MR) is 112 cm³/mol. The number of rotatable bonds is 5. The van der Waals surface area contributed by atoms with Crippen LogP contribution in [0.1, 0.15) is 57.0 Å². The minimum Gasteiger partial charge on any atom is -0.322 e. The van der Waals surface area contributed by atoms with Gasteiger partial charge in [-0.15, -0.1) is 0 Å². The Kier molecular flexibility index (Phi) is 6.20. The van der Waals surface area contributed by atoms with Gasteiger partial charge in [-0.05, 0) is 36.2 Å². The van der Waals surface area contributed by atoms with Gasteiger partial charge in [-0.3, -0.25) is 24.5 Å². The summed E-state index contributed by atoms with van der Waals surface area (Å²) in [5.74, 6) is -6.22. The largest absolute Gasteiger partial charge is 0.396 e. The molecule has 2 heterocycles. The first-order valence-corrected chi connectivity index (χ1v) is 10.7. The summed E-state index contributed by atoms with van der Waals surface area (Å²) in [4.78, 5) is 50.1. The van der Waals surface area contributed by atoms with Crippen molar-refractivity contribution in [2.45, 2.75) is 43.9 Å². The molecular weight excluding hydrogens is 480 g/mol. The molecule has 6 nitrogen and oxygen atoms in total. The highest BCUT2D eigenvalue weighted by atomic mass is 35.5. The second-order valence-electron chi connectivity index (χ2n) is 8.13. The maximum Gasteiger partial charge on any atom is 0.396 e. The van der Waals surface area contributed by atoms with Crippen molar-refractivity contribution in [2.75, 3.05) is 0 Å². The molecule has 34 heavy (non-hydrogen) atoms. The summed E-state index contributed by atoms with van der Waals surface area (Å²) in [7, 11) is 0. The van der Waals surface area contributed by atoms with Crippen LogP contribution in [0, 0.1) is 5.82 Å². The van der Waals surface area contributed by atoms with Crippen molar-refractivity contribution >= 4 is 35.1 Å². The summed E-state index contributed by atoms with van der Waals surface area (Å²) >= 11 is 5.80. The number of hydrogen-bond donors (Lipinski definition) is 1. The van der Waals surface area contributed by atoms with Crippen molar-refractivity contribution in [3.05, 3.63) is 69.5 Å². The number of imide groups is 1. The minimum absolute atomic E-state index is 0.00504. The van der Waals surface area contributed by atoms with E-state index in [9.17, 15) is 32.3 Å². The molecule has 1 N–H and O–H groups in total. The molecule has 1 fully saturated rings. The van der Waals surface area contributed by atoms with Crippen LogP contribution >= 0.6 is 11.6 Å². The summed E-state index contributed by atoms with van der Waals surface area (Å²) < 4.78 is 56.4. The zero-order valence-corrected chi connectivity index (χ0v) is 18.2. The SMILES string of the molecule is O=C1CCC(N2Cc3c(ccc(C(=O)C[C@H](c4cccc(Cl)c4)C(F)(F)F)c3F)C2=O)C(=O)N1. The lowest BCUT2D eigenvalue weighted by Gasteiger charge is -2.29. The molecule has 2 atom stereocenters. The van der Waals surface area contributed by atoms with Crippen molar-refractivity contribution in [2.24, 2.45) is 0 Å². The Morgan fingerprint density at radius 3 is 2.56 bits per heavy atom. The number of amides is 3. The monoisotopic (exact) mass is 496 g/mol. The minimum atomic E-state index is -4.79. The van der Waals surface area contributed by atoms with Crippen molar-refractivity contribution in [3.8, 4) is 0 Å². The second kappa shape index (κ2) is 8.83. The lowest BCUT2D eigenvalue weighted by molar-refractivity contribution is -0.149. The summed E-state index contributed by atoms with van der Waals surface area (Å²) in [5, 5.41) is 2.18. The zero-order valence-electron chi connectivity index (χ0n) is 17.4. The molecule has 4 rings (SSSR count). The van der Waals surface area contributed by atoms with Crippen LogP contribution in [0.4, 0.5) is 17.6 Å². The van der Waals surface area contributed by atoms with Gasteiger partial charge in [-0.25, -0.2) is 4.39 Å². The van der Waals surface area contributed by atoms with E-state index in [-0.39, 0.29) is 41.1 Å². The van der Waals surface area contributed by atoms with Crippen LogP contribution in [0.25, 0.3) is 0 Å². The number of carbonyl (C=O) groups excluding carboxylic acids is 4. The van der Waals surface area contributed by atoms with Crippen LogP contribution in [0.2, 0.25) is 5.02 Å². The fourth-order valence-electron chi connectivity index (χ4n) is 4.26. The number of nitrogens with one attached hydrogen (secondary N) is 1. The van der Waals surface area contributed by atoms with Crippen molar-refractivity contribution in [1.29, 1.82) is 0 Å². The van der Waals surface area contributed by atoms with Gasteiger partial charge in [0.05, 0.1) is 18.0 Å². The van der Waals surface area contributed by atoms with E-state index in [1.54, 1.807) is 0 Å². The molecule has 1 unspecified atom stereocenters. The van der Waals surface area contributed by atoms with E-state index < -0.39 is 59.4 Å². The molecule has 0 radical (unpaired) electrons. The van der Waals surface area contributed by atoms with Crippen LogP contribution in [-0.2, 0) is 16.1 Å². The van der Waals surface area contributed by atoms with E-state index in [2.05, 4.69) is 5.32 Å². The average molecular weight is 497 g/mol. The van der Waals surface area contributed by atoms with Gasteiger partial charge in [0.2, 0.25) is 11.8 Å². The molecule has 2 aromatic rings.